The zero-order valence-electron chi connectivity index (χ0n) is 18.3. The van der Waals surface area contributed by atoms with Crippen LogP contribution in [0.3, 0.4) is 0 Å². The van der Waals surface area contributed by atoms with E-state index in [0.717, 1.165) is 34.9 Å². The lowest BCUT2D eigenvalue weighted by atomic mass is 10.1. The Kier molecular flexibility index (Phi) is 5.42. The van der Waals surface area contributed by atoms with Crippen molar-refractivity contribution in [2.75, 3.05) is 18.0 Å². The fourth-order valence-electron chi connectivity index (χ4n) is 4.52. The van der Waals surface area contributed by atoms with Crippen LogP contribution in [0.5, 0.6) is 0 Å². The Morgan fingerprint density at radius 1 is 1.22 bits per heavy atom. The number of imidazole rings is 1. The quantitative estimate of drug-likeness (QED) is 0.643. The molecular formula is C22H27N7O2S. The van der Waals surface area contributed by atoms with E-state index in [4.69, 9.17) is 10.7 Å². The third-order valence-corrected chi connectivity index (χ3v) is 7.30. The molecule has 2 aliphatic heterocycles. The topological polar surface area (TPSA) is 103 Å². The van der Waals surface area contributed by atoms with Gasteiger partial charge in [-0.2, -0.15) is 4.98 Å². The number of benzene rings is 1. The molecule has 9 nitrogen and oxygen atoms in total. The van der Waals surface area contributed by atoms with Crippen molar-refractivity contribution in [3.63, 3.8) is 0 Å². The van der Waals surface area contributed by atoms with Gasteiger partial charge in [0.15, 0.2) is 11.2 Å². The number of anilines is 1. The normalized spacial score (nSPS) is 18.7. The highest BCUT2D eigenvalue weighted by Gasteiger charge is 2.26. The smallest absolute Gasteiger partial charge is 0.332 e. The molecule has 1 atom stereocenters. The van der Waals surface area contributed by atoms with Crippen LogP contribution < -0.4 is 21.9 Å². The zero-order valence-corrected chi connectivity index (χ0v) is 19.1. The average Bonchev–Trinajstić information content (AvgIpc) is 3.20. The van der Waals surface area contributed by atoms with Crippen LogP contribution in [0.25, 0.3) is 11.2 Å². The lowest BCUT2D eigenvalue weighted by molar-refractivity contribution is 0.494. The number of thioether (sulfide) groups is 1. The summed E-state index contributed by atoms with van der Waals surface area (Å²) >= 11 is 1.52. The number of hydrogen-bond donors (Lipinski definition) is 1. The maximum Gasteiger partial charge on any atom is 0.332 e. The van der Waals surface area contributed by atoms with Gasteiger partial charge < -0.3 is 15.2 Å². The Bertz CT molecular complexity index is 1340. The van der Waals surface area contributed by atoms with Gasteiger partial charge in [0.2, 0.25) is 5.95 Å². The molecule has 1 fully saturated rings. The second-order valence-electron chi connectivity index (χ2n) is 8.33. The van der Waals surface area contributed by atoms with Crippen LogP contribution in [-0.2, 0) is 26.7 Å². The minimum absolute atomic E-state index is 0.0820. The molecule has 2 aliphatic rings. The minimum Gasteiger partial charge on any atom is -0.341 e. The van der Waals surface area contributed by atoms with Gasteiger partial charge in [0.25, 0.3) is 5.56 Å². The SMILES string of the molecule is CCn1c(N2CCCC(N)C2)nc2c1c(=O)n(CC1=NCc3ccccc3S1)c(=O)n2C. The van der Waals surface area contributed by atoms with Crippen molar-refractivity contribution in [2.45, 2.75) is 50.3 Å². The summed E-state index contributed by atoms with van der Waals surface area (Å²) in [5, 5.41) is 0.757. The molecule has 0 aliphatic carbocycles. The van der Waals surface area contributed by atoms with Crippen LogP contribution in [0.1, 0.15) is 25.3 Å². The predicted octanol–water partition coefficient (Wildman–Crippen LogP) is 1.55. The third kappa shape index (κ3) is 3.47. The third-order valence-electron chi connectivity index (χ3n) is 6.19. The summed E-state index contributed by atoms with van der Waals surface area (Å²) < 4.78 is 4.66. The van der Waals surface area contributed by atoms with Crippen LogP contribution in [-0.4, -0.2) is 42.9 Å². The molecule has 0 saturated carbocycles. The van der Waals surface area contributed by atoms with Gasteiger partial charge >= 0.3 is 5.69 Å². The van der Waals surface area contributed by atoms with E-state index in [1.807, 2.05) is 35.8 Å². The lowest BCUT2D eigenvalue weighted by Gasteiger charge is -2.31. The van der Waals surface area contributed by atoms with Crippen molar-refractivity contribution in [2.24, 2.45) is 17.8 Å². The molecule has 2 N–H and O–H groups in total. The van der Waals surface area contributed by atoms with Gasteiger partial charge in [-0.05, 0) is 31.4 Å². The van der Waals surface area contributed by atoms with Gasteiger partial charge in [0.05, 0.1) is 18.1 Å². The fraction of sp³-hybridized carbons (Fsp3) is 0.455. The fourth-order valence-corrected chi connectivity index (χ4v) is 5.50. The van der Waals surface area contributed by atoms with Crippen LogP contribution >= 0.6 is 11.8 Å². The predicted molar refractivity (Wildman–Crippen MR) is 128 cm³/mol. The molecule has 1 unspecified atom stereocenters. The summed E-state index contributed by atoms with van der Waals surface area (Å²) in [6.45, 7) is 4.81. The number of piperidine rings is 1. The first kappa shape index (κ1) is 21.0. The molecule has 2 aromatic heterocycles. The lowest BCUT2D eigenvalue weighted by Crippen LogP contribution is -2.44. The number of nitrogens with two attached hydrogens (primary N) is 1. The van der Waals surface area contributed by atoms with Crippen molar-refractivity contribution >= 4 is 33.9 Å². The number of rotatable bonds is 4. The highest BCUT2D eigenvalue weighted by molar-refractivity contribution is 8.14. The van der Waals surface area contributed by atoms with E-state index < -0.39 is 0 Å². The largest absolute Gasteiger partial charge is 0.341 e. The number of fused-ring (bicyclic) bond motifs is 2. The highest BCUT2D eigenvalue weighted by Crippen LogP contribution is 2.29. The second-order valence-corrected chi connectivity index (χ2v) is 9.44. The first-order valence-electron chi connectivity index (χ1n) is 11.0. The maximum absolute atomic E-state index is 13.5. The van der Waals surface area contributed by atoms with Gasteiger partial charge in [0, 0.05) is 37.6 Å². The summed E-state index contributed by atoms with van der Waals surface area (Å²) in [5.74, 6) is 0.709. The van der Waals surface area contributed by atoms with Gasteiger partial charge in [-0.15, -0.1) is 0 Å². The van der Waals surface area contributed by atoms with Gasteiger partial charge in [-0.25, -0.2) is 4.79 Å². The van der Waals surface area contributed by atoms with Crippen LogP contribution in [0, 0.1) is 0 Å². The molecule has 0 radical (unpaired) electrons. The van der Waals surface area contributed by atoms with Crippen LogP contribution in [0.15, 0.2) is 43.7 Å². The van der Waals surface area contributed by atoms with Gasteiger partial charge in [0.1, 0.15) is 0 Å². The highest BCUT2D eigenvalue weighted by atomic mass is 32.2. The van der Waals surface area contributed by atoms with Crippen LogP contribution in [0.2, 0.25) is 0 Å². The summed E-state index contributed by atoms with van der Waals surface area (Å²) in [5.41, 5.74) is 7.49. The molecule has 0 amide bonds. The molecule has 1 saturated heterocycles. The van der Waals surface area contributed by atoms with E-state index in [2.05, 4.69) is 9.89 Å². The van der Waals surface area contributed by atoms with Gasteiger partial charge in [-0.3, -0.25) is 18.9 Å². The molecular weight excluding hydrogens is 426 g/mol. The first-order valence-corrected chi connectivity index (χ1v) is 11.8. The van der Waals surface area contributed by atoms with Crippen LogP contribution in [0.4, 0.5) is 5.95 Å². The van der Waals surface area contributed by atoms with Crippen molar-refractivity contribution in [1.29, 1.82) is 0 Å². The average molecular weight is 454 g/mol. The number of hydrogen-bond acceptors (Lipinski definition) is 7. The molecule has 0 bridgehead atoms. The van der Waals surface area contributed by atoms with E-state index in [1.165, 1.54) is 20.9 Å². The van der Waals surface area contributed by atoms with Crippen molar-refractivity contribution < 1.29 is 0 Å². The van der Waals surface area contributed by atoms with Gasteiger partial charge in [-0.1, -0.05) is 30.0 Å². The van der Waals surface area contributed by atoms with E-state index in [-0.39, 0.29) is 23.8 Å². The summed E-state index contributed by atoms with van der Waals surface area (Å²) in [6.07, 6.45) is 1.97. The minimum atomic E-state index is -0.382. The van der Waals surface area contributed by atoms with E-state index >= 15 is 0 Å². The molecule has 0 spiro atoms. The Morgan fingerprint density at radius 2 is 2.03 bits per heavy atom. The summed E-state index contributed by atoms with van der Waals surface area (Å²) in [6, 6.07) is 8.15. The maximum atomic E-state index is 13.5. The first-order chi connectivity index (χ1) is 15.5. The molecule has 168 valence electrons. The molecule has 5 rings (SSSR count). The number of aryl methyl sites for hydroxylation is 2. The number of aromatic nitrogens is 4. The monoisotopic (exact) mass is 453 g/mol. The van der Waals surface area contributed by atoms with E-state index in [1.54, 1.807) is 7.05 Å². The van der Waals surface area contributed by atoms with Crippen molar-refractivity contribution in [1.82, 2.24) is 18.7 Å². The Morgan fingerprint density at radius 3 is 2.81 bits per heavy atom. The number of aliphatic imine (C=N–C) groups is 1. The Hall–Kier alpha value is -2.85. The molecule has 1 aromatic carbocycles. The molecule has 10 heteroatoms. The molecule has 32 heavy (non-hydrogen) atoms. The van der Waals surface area contributed by atoms with E-state index in [9.17, 15) is 9.59 Å². The Labute approximate surface area is 189 Å². The summed E-state index contributed by atoms with van der Waals surface area (Å²) in [7, 11) is 1.67. The Balaban J connectivity index is 1.58. The number of nitrogens with zero attached hydrogens (tertiary/aromatic N) is 6. The second kappa shape index (κ2) is 8.25. The summed E-state index contributed by atoms with van der Waals surface area (Å²) in [4.78, 5) is 39.3. The van der Waals surface area contributed by atoms with Crippen molar-refractivity contribution in [3.05, 3.63) is 50.7 Å². The standard InChI is InChI=1S/C22H27N7O2S/c1-3-28-18-19(25-21(28)27-10-6-8-15(23)12-27)26(2)22(31)29(20(18)30)13-17-24-11-14-7-4-5-9-16(14)32-17/h4-5,7,9,15H,3,6,8,10-13,23H2,1-2H3. The molecule has 3 aromatic rings. The van der Waals surface area contributed by atoms with Crippen molar-refractivity contribution in [3.8, 4) is 0 Å². The molecule has 4 heterocycles. The zero-order chi connectivity index (χ0) is 22.4. The van der Waals surface area contributed by atoms with E-state index in [0.29, 0.717) is 36.7 Å².